The number of hydrogen-bond donors (Lipinski definition) is 2. The minimum atomic E-state index is -0.578. The molecule has 2 aliphatic heterocycles. The zero-order valence-corrected chi connectivity index (χ0v) is 25.3. The van der Waals surface area contributed by atoms with E-state index in [1.54, 1.807) is 0 Å². The molecule has 5 rings (SSSR count). The number of aliphatic hydroxyl groups excluding tert-OH is 2. The number of nitrogens with zero attached hydrogens (tertiary/aromatic N) is 4. The molecular weight excluding hydrogens is 575 g/mol. The maximum Gasteiger partial charge on any atom is 0.119 e. The summed E-state index contributed by atoms with van der Waals surface area (Å²) in [6.07, 6.45) is -1.16. The summed E-state index contributed by atoms with van der Waals surface area (Å²) in [5, 5.41) is 22.6. The predicted molar refractivity (Wildman–Crippen MR) is 170 cm³/mol. The molecule has 2 atom stereocenters. The summed E-state index contributed by atoms with van der Waals surface area (Å²) < 4.78 is 11.6. The van der Waals surface area contributed by atoms with Gasteiger partial charge in [0, 0.05) is 86.9 Å². The molecule has 0 aliphatic carbocycles. The molecule has 2 heterocycles. The number of halogens is 2. The van der Waals surface area contributed by atoms with E-state index in [4.69, 9.17) is 32.7 Å². The predicted octanol–water partition coefficient (Wildman–Crippen LogP) is 4.12. The smallest absolute Gasteiger partial charge is 0.119 e. The molecule has 0 spiro atoms. The zero-order chi connectivity index (χ0) is 29.3. The van der Waals surface area contributed by atoms with Gasteiger partial charge in [0.25, 0.3) is 0 Å². The number of ether oxygens (including phenoxy) is 2. The lowest BCUT2D eigenvalue weighted by molar-refractivity contribution is 0.0650. The second-order valence-electron chi connectivity index (χ2n) is 10.9. The molecular formula is C32H40Cl2N4O4. The third-order valence-electron chi connectivity index (χ3n) is 7.77. The summed E-state index contributed by atoms with van der Waals surface area (Å²) in [5.41, 5.74) is 2.35. The van der Waals surface area contributed by atoms with Crippen molar-refractivity contribution in [2.45, 2.75) is 12.2 Å². The number of piperazine rings is 2. The van der Waals surface area contributed by atoms with Gasteiger partial charge in [0.05, 0.1) is 0 Å². The SMILES string of the molecule is OC(COc1ccc(OCC(O)CN2CCN(c3ccc(Cl)cc3)CC2)cc1)CN1CCN(c2ccc(Cl)cc2)CC1. The molecule has 0 saturated carbocycles. The molecule has 0 aromatic heterocycles. The first-order valence-corrected chi connectivity index (χ1v) is 15.3. The van der Waals surface area contributed by atoms with Gasteiger partial charge in [0.2, 0.25) is 0 Å². The van der Waals surface area contributed by atoms with Crippen LogP contribution < -0.4 is 19.3 Å². The standard InChI is InChI=1S/C32H40Cl2N4O4/c33-25-1-5-27(6-2-25)37-17-13-35(14-18-37)21-29(39)23-41-31-9-11-32(12-10-31)42-24-30(40)22-36-15-19-38(20-16-36)28-7-3-26(34)4-8-28/h1-12,29-30,39-40H,13-24H2. The van der Waals surface area contributed by atoms with Crippen molar-refractivity contribution >= 4 is 34.6 Å². The summed E-state index contributed by atoms with van der Waals surface area (Å²) in [6.45, 7) is 8.77. The monoisotopic (exact) mass is 614 g/mol. The zero-order valence-electron chi connectivity index (χ0n) is 23.8. The largest absolute Gasteiger partial charge is 0.491 e. The number of hydrogen-bond acceptors (Lipinski definition) is 8. The normalized spacial score (nSPS) is 18.1. The Morgan fingerprint density at radius 3 is 1.19 bits per heavy atom. The molecule has 0 amide bonds. The van der Waals surface area contributed by atoms with E-state index in [-0.39, 0.29) is 13.2 Å². The number of aliphatic hydroxyl groups is 2. The van der Waals surface area contributed by atoms with Gasteiger partial charge in [-0.2, -0.15) is 0 Å². The van der Waals surface area contributed by atoms with Gasteiger partial charge in [-0.05, 0) is 72.8 Å². The summed E-state index contributed by atoms with van der Waals surface area (Å²) in [5.74, 6) is 1.35. The van der Waals surface area contributed by atoms with E-state index in [0.717, 1.165) is 62.4 Å². The Balaban J connectivity index is 0.951. The van der Waals surface area contributed by atoms with Crippen LogP contribution in [0.25, 0.3) is 0 Å². The molecule has 3 aromatic carbocycles. The van der Waals surface area contributed by atoms with Crippen LogP contribution in [0.2, 0.25) is 10.0 Å². The van der Waals surface area contributed by atoms with E-state index in [1.807, 2.05) is 72.8 Å². The topological polar surface area (TPSA) is 71.9 Å². The first-order chi connectivity index (χ1) is 20.4. The average Bonchev–Trinajstić information content (AvgIpc) is 3.01. The van der Waals surface area contributed by atoms with E-state index < -0.39 is 12.2 Å². The highest BCUT2D eigenvalue weighted by Crippen LogP contribution is 2.22. The first kappa shape index (κ1) is 30.7. The molecule has 226 valence electrons. The van der Waals surface area contributed by atoms with Crippen molar-refractivity contribution in [1.29, 1.82) is 0 Å². The molecule has 0 radical (unpaired) electrons. The van der Waals surface area contributed by atoms with Crippen LogP contribution in [0.3, 0.4) is 0 Å². The highest BCUT2D eigenvalue weighted by molar-refractivity contribution is 6.30. The van der Waals surface area contributed by atoms with Gasteiger partial charge in [0.1, 0.15) is 36.9 Å². The molecule has 3 aromatic rings. The van der Waals surface area contributed by atoms with Crippen molar-refractivity contribution in [2.75, 3.05) is 88.5 Å². The molecule has 2 aliphatic rings. The second kappa shape index (κ2) is 15.1. The summed E-state index contributed by atoms with van der Waals surface area (Å²) >= 11 is 12.0. The number of benzene rings is 3. The lowest BCUT2D eigenvalue weighted by Gasteiger charge is -2.36. The Morgan fingerprint density at radius 1 is 0.524 bits per heavy atom. The van der Waals surface area contributed by atoms with Crippen LogP contribution >= 0.6 is 23.2 Å². The van der Waals surface area contributed by atoms with Crippen LogP contribution in [-0.4, -0.2) is 111 Å². The lowest BCUT2D eigenvalue weighted by Crippen LogP contribution is -2.49. The van der Waals surface area contributed by atoms with Gasteiger partial charge in [0.15, 0.2) is 0 Å². The van der Waals surface area contributed by atoms with Crippen molar-refractivity contribution in [3.63, 3.8) is 0 Å². The minimum Gasteiger partial charge on any atom is -0.491 e. The molecule has 2 saturated heterocycles. The first-order valence-electron chi connectivity index (χ1n) is 14.6. The van der Waals surface area contributed by atoms with E-state index >= 15 is 0 Å². The Bertz CT molecular complexity index is 1120. The second-order valence-corrected chi connectivity index (χ2v) is 11.8. The van der Waals surface area contributed by atoms with Crippen LogP contribution in [-0.2, 0) is 0 Å². The fraction of sp³-hybridized carbons (Fsp3) is 0.438. The Hall–Kier alpha value is -2.72. The third kappa shape index (κ3) is 9.14. The fourth-order valence-corrected chi connectivity index (χ4v) is 5.65. The van der Waals surface area contributed by atoms with Crippen molar-refractivity contribution in [1.82, 2.24) is 9.80 Å². The van der Waals surface area contributed by atoms with Crippen LogP contribution in [0.5, 0.6) is 11.5 Å². The fourth-order valence-electron chi connectivity index (χ4n) is 5.40. The van der Waals surface area contributed by atoms with Crippen LogP contribution in [0.15, 0.2) is 72.8 Å². The summed E-state index contributed by atoms with van der Waals surface area (Å²) in [4.78, 5) is 9.20. The lowest BCUT2D eigenvalue weighted by atomic mass is 10.2. The van der Waals surface area contributed by atoms with Crippen molar-refractivity contribution in [2.24, 2.45) is 0 Å². The molecule has 2 unspecified atom stereocenters. The molecule has 8 nitrogen and oxygen atoms in total. The Kier molecular flexibility index (Phi) is 11.1. The van der Waals surface area contributed by atoms with Crippen LogP contribution in [0.4, 0.5) is 11.4 Å². The summed E-state index contributed by atoms with van der Waals surface area (Å²) in [6, 6.07) is 23.2. The van der Waals surface area contributed by atoms with E-state index in [1.165, 1.54) is 11.4 Å². The van der Waals surface area contributed by atoms with Crippen LogP contribution in [0, 0.1) is 0 Å². The van der Waals surface area contributed by atoms with Crippen LogP contribution in [0.1, 0.15) is 0 Å². The van der Waals surface area contributed by atoms with Crippen molar-refractivity contribution in [3.05, 3.63) is 82.8 Å². The highest BCUT2D eigenvalue weighted by Gasteiger charge is 2.21. The maximum atomic E-state index is 10.5. The molecule has 10 heteroatoms. The Morgan fingerprint density at radius 2 is 0.857 bits per heavy atom. The summed E-state index contributed by atoms with van der Waals surface area (Å²) in [7, 11) is 0. The van der Waals surface area contributed by atoms with E-state index in [2.05, 4.69) is 19.6 Å². The quantitative estimate of drug-likeness (QED) is 0.316. The van der Waals surface area contributed by atoms with Gasteiger partial charge >= 0.3 is 0 Å². The number of β-amino-alcohol motifs (C(OH)–C–C–N with tert-alkyl or cyclic N) is 2. The van der Waals surface area contributed by atoms with Gasteiger partial charge in [-0.25, -0.2) is 0 Å². The van der Waals surface area contributed by atoms with Crippen molar-refractivity contribution in [3.8, 4) is 11.5 Å². The molecule has 0 bridgehead atoms. The van der Waals surface area contributed by atoms with Crippen molar-refractivity contribution < 1.29 is 19.7 Å². The average molecular weight is 616 g/mol. The molecule has 2 N–H and O–H groups in total. The van der Waals surface area contributed by atoms with Gasteiger partial charge in [-0.3, -0.25) is 9.80 Å². The van der Waals surface area contributed by atoms with E-state index in [0.29, 0.717) is 24.6 Å². The minimum absolute atomic E-state index is 0.224. The van der Waals surface area contributed by atoms with Gasteiger partial charge in [-0.1, -0.05) is 23.2 Å². The molecule has 2 fully saturated rings. The van der Waals surface area contributed by atoms with E-state index in [9.17, 15) is 10.2 Å². The van der Waals surface area contributed by atoms with Gasteiger partial charge < -0.3 is 29.5 Å². The maximum absolute atomic E-state index is 10.5. The van der Waals surface area contributed by atoms with Gasteiger partial charge in [-0.15, -0.1) is 0 Å². The highest BCUT2D eigenvalue weighted by atomic mass is 35.5. The number of rotatable bonds is 12. The molecule has 42 heavy (non-hydrogen) atoms. The Labute approximate surface area is 258 Å². The number of anilines is 2. The third-order valence-corrected chi connectivity index (χ3v) is 8.28.